The highest BCUT2D eigenvalue weighted by Gasteiger charge is 2.54. The van der Waals surface area contributed by atoms with Gasteiger partial charge in [-0.25, -0.2) is 0 Å². The minimum atomic E-state index is -0.508. The number of hydrogen-bond donors (Lipinski definition) is 1. The van der Waals surface area contributed by atoms with Gasteiger partial charge in [0.15, 0.2) is 0 Å². The molecule has 0 aromatic heterocycles. The van der Waals surface area contributed by atoms with Gasteiger partial charge in [0.2, 0.25) is 0 Å². The zero-order valence-electron chi connectivity index (χ0n) is 7.18. The fourth-order valence-electron chi connectivity index (χ4n) is 2.24. The normalized spacial score (nSPS) is 46.8. The summed E-state index contributed by atoms with van der Waals surface area (Å²) in [6, 6.07) is 0. The van der Waals surface area contributed by atoms with Crippen LogP contribution in [0.25, 0.3) is 0 Å². The number of rotatable bonds is 1. The summed E-state index contributed by atoms with van der Waals surface area (Å²) in [5, 5.41) is 9.34. The van der Waals surface area contributed by atoms with E-state index in [4.69, 9.17) is 11.6 Å². The molecule has 0 radical (unpaired) electrons. The minimum absolute atomic E-state index is 0.0873. The Hall–Kier alpha value is -0.540. The number of carbonyl (C=O) groups is 1. The highest BCUT2D eigenvalue weighted by molar-refractivity contribution is 6.22. The monoisotopic (exact) mass is 202 g/mol. The molecule has 0 spiro atoms. The zero-order chi connectivity index (χ0) is 9.59. The zero-order valence-corrected chi connectivity index (χ0v) is 7.94. The summed E-state index contributed by atoms with van der Waals surface area (Å²) in [5.74, 6) is -0.941. The lowest BCUT2D eigenvalue weighted by atomic mass is 9.93. The maximum absolute atomic E-state index is 11.3. The first-order valence-corrected chi connectivity index (χ1v) is 4.68. The van der Waals surface area contributed by atoms with Gasteiger partial charge in [-0.2, -0.15) is 0 Å². The van der Waals surface area contributed by atoms with E-state index in [9.17, 15) is 9.90 Å². The Bertz CT molecular complexity index is 264. The van der Waals surface area contributed by atoms with E-state index in [2.05, 4.69) is 4.74 Å². The van der Waals surface area contributed by atoms with Crippen molar-refractivity contribution in [1.82, 2.24) is 0 Å². The van der Waals surface area contributed by atoms with Crippen LogP contribution in [0, 0.1) is 17.8 Å². The summed E-state index contributed by atoms with van der Waals surface area (Å²) in [6.45, 7) is 0. The molecule has 0 unspecified atom stereocenters. The molecule has 0 aromatic rings. The molecule has 13 heavy (non-hydrogen) atoms. The third-order valence-corrected chi connectivity index (χ3v) is 3.51. The molecule has 1 fully saturated rings. The van der Waals surface area contributed by atoms with Gasteiger partial charge in [-0.3, -0.25) is 4.79 Å². The Morgan fingerprint density at radius 3 is 2.54 bits per heavy atom. The predicted molar refractivity (Wildman–Crippen MR) is 47.3 cm³/mol. The molecule has 2 bridgehead atoms. The predicted octanol–water partition coefficient (Wildman–Crippen LogP) is 0.560. The van der Waals surface area contributed by atoms with Gasteiger partial charge < -0.3 is 9.84 Å². The summed E-state index contributed by atoms with van der Waals surface area (Å²) in [7, 11) is 1.34. The highest BCUT2D eigenvalue weighted by Crippen LogP contribution is 2.47. The largest absolute Gasteiger partial charge is 0.469 e. The van der Waals surface area contributed by atoms with Crippen molar-refractivity contribution in [1.29, 1.82) is 0 Å². The molecule has 0 saturated heterocycles. The van der Waals surface area contributed by atoms with Gasteiger partial charge in [0.1, 0.15) is 0 Å². The molecule has 2 rings (SSSR count). The van der Waals surface area contributed by atoms with Crippen LogP contribution in [0.3, 0.4) is 0 Å². The number of hydrogen-bond acceptors (Lipinski definition) is 3. The second-order valence-corrected chi connectivity index (χ2v) is 4.03. The molecule has 3 nitrogen and oxygen atoms in total. The summed E-state index contributed by atoms with van der Waals surface area (Å²) in [5.41, 5.74) is 0. The second kappa shape index (κ2) is 3.00. The standard InChI is InChI=1S/C9H11ClO3/c1-13-9(12)6-4-2-3-5(7(6)10)8(4)11/h2-8,11H,1H3/t4-,5+,6+,7+,8+/m1/s1. The number of esters is 1. The molecule has 1 N–H and O–H groups in total. The van der Waals surface area contributed by atoms with Crippen LogP contribution in [0.1, 0.15) is 0 Å². The van der Waals surface area contributed by atoms with Crippen LogP contribution in [0.15, 0.2) is 12.2 Å². The molecule has 2 aliphatic rings. The van der Waals surface area contributed by atoms with E-state index >= 15 is 0 Å². The SMILES string of the molecule is COC(=O)[C@@H]1[C@@H](Cl)[C@@H]2C=C[C@H]1[C@@H]2O. The number of alkyl halides is 1. The molecule has 0 heterocycles. The summed E-state index contributed by atoms with van der Waals surface area (Å²) in [4.78, 5) is 11.3. The van der Waals surface area contributed by atoms with E-state index in [1.165, 1.54) is 7.11 Å². The summed E-state index contributed by atoms with van der Waals surface area (Å²) < 4.78 is 4.64. The van der Waals surface area contributed by atoms with Crippen molar-refractivity contribution in [2.24, 2.45) is 17.8 Å². The molecule has 4 heteroatoms. The maximum atomic E-state index is 11.3. The smallest absolute Gasteiger partial charge is 0.310 e. The average Bonchev–Trinajstić information content (AvgIpc) is 2.58. The van der Waals surface area contributed by atoms with Gasteiger partial charge >= 0.3 is 5.97 Å². The fourth-order valence-corrected chi connectivity index (χ4v) is 2.75. The van der Waals surface area contributed by atoms with Gasteiger partial charge in [0.25, 0.3) is 0 Å². The Balaban J connectivity index is 2.23. The van der Waals surface area contributed by atoms with Gasteiger partial charge in [0.05, 0.1) is 24.5 Å². The van der Waals surface area contributed by atoms with Gasteiger partial charge in [-0.1, -0.05) is 12.2 Å². The van der Waals surface area contributed by atoms with Crippen molar-refractivity contribution in [3.05, 3.63) is 12.2 Å². The van der Waals surface area contributed by atoms with Crippen molar-refractivity contribution in [3.8, 4) is 0 Å². The number of halogens is 1. The third-order valence-electron chi connectivity index (χ3n) is 2.94. The van der Waals surface area contributed by atoms with Crippen molar-refractivity contribution >= 4 is 17.6 Å². The van der Waals surface area contributed by atoms with E-state index < -0.39 is 6.10 Å². The van der Waals surface area contributed by atoms with E-state index in [0.29, 0.717) is 0 Å². The van der Waals surface area contributed by atoms with Crippen molar-refractivity contribution in [2.75, 3.05) is 7.11 Å². The molecular formula is C9H11ClO3. The first-order valence-electron chi connectivity index (χ1n) is 4.25. The number of ether oxygens (including phenoxy) is 1. The molecule has 2 aliphatic carbocycles. The Morgan fingerprint density at radius 1 is 1.46 bits per heavy atom. The first kappa shape index (κ1) is 9.03. The van der Waals surface area contributed by atoms with Crippen LogP contribution in [0.2, 0.25) is 0 Å². The van der Waals surface area contributed by atoms with Crippen LogP contribution in [0.5, 0.6) is 0 Å². The molecule has 0 amide bonds. The average molecular weight is 203 g/mol. The van der Waals surface area contributed by atoms with Crippen molar-refractivity contribution < 1.29 is 14.6 Å². The third kappa shape index (κ3) is 1.11. The molecule has 5 atom stereocenters. The topological polar surface area (TPSA) is 46.5 Å². The number of aliphatic hydroxyl groups excluding tert-OH is 1. The number of fused-ring (bicyclic) bond motifs is 2. The maximum Gasteiger partial charge on any atom is 0.310 e. The fraction of sp³-hybridized carbons (Fsp3) is 0.667. The lowest BCUT2D eigenvalue weighted by molar-refractivity contribution is -0.146. The second-order valence-electron chi connectivity index (χ2n) is 3.52. The van der Waals surface area contributed by atoms with Gasteiger partial charge in [-0.15, -0.1) is 11.6 Å². The number of methoxy groups -OCH3 is 1. The number of carbonyl (C=O) groups excluding carboxylic acids is 1. The lowest BCUT2D eigenvalue weighted by Crippen LogP contribution is -2.29. The Morgan fingerprint density at radius 2 is 2.08 bits per heavy atom. The summed E-state index contributed by atoms with van der Waals surface area (Å²) in [6.07, 6.45) is 3.23. The first-order chi connectivity index (χ1) is 6.16. The van der Waals surface area contributed by atoms with Crippen LogP contribution < -0.4 is 0 Å². The van der Waals surface area contributed by atoms with Crippen LogP contribution >= 0.6 is 11.6 Å². The van der Waals surface area contributed by atoms with Gasteiger partial charge in [0, 0.05) is 11.8 Å². The van der Waals surface area contributed by atoms with E-state index in [0.717, 1.165) is 0 Å². The van der Waals surface area contributed by atoms with Crippen LogP contribution in [-0.2, 0) is 9.53 Å². The van der Waals surface area contributed by atoms with Crippen LogP contribution in [-0.4, -0.2) is 29.7 Å². The van der Waals surface area contributed by atoms with Crippen molar-refractivity contribution in [2.45, 2.75) is 11.5 Å². The van der Waals surface area contributed by atoms with E-state index in [1.54, 1.807) is 0 Å². The van der Waals surface area contributed by atoms with E-state index in [1.807, 2.05) is 12.2 Å². The Kier molecular flexibility index (Phi) is 2.08. The highest BCUT2D eigenvalue weighted by atomic mass is 35.5. The Labute approximate surface area is 81.3 Å². The van der Waals surface area contributed by atoms with Gasteiger partial charge in [-0.05, 0) is 0 Å². The van der Waals surface area contributed by atoms with Crippen molar-refractivity contribution in [3.63, 3.8) is 0 Å². The molecule has 0 aliphatic heterocycles. The molecule has 72 valence electrons. The van der Waals surface area contributed by atoms with Crippen LogP contribution in [0.4, 0.5) is 0 Å². The molecule has 0 aromatic carbocycles. The summed E-state index contributed by atoms with van der Waals surface area (Å²) >= 11 is 6.03. The minimum Gasteiger partial charge on any atom is -0.469 e. The lowest BCUT2D eigenvalue weighted by Gasteiger charge is -2.19. The quantitative estimate of drug-likeness (QED) is 0.384. The number of aliphatic hydroxyl groups is 1. The molecular weight excluding hydrogens is 192 g/mol. The molecule has 1 saturated carbocycles. The van der Waals surface area contributed by atoms with E-state index in [-0.39, 0.29) is 29.1 Å².